The zero-order valence-electron chi connectivity index (χ0n) is 9.11. The molecule has 0 saturated heterocycles. The lowest BCUT2D eigenvalue weighted by Gasteiger charge is -2.24. The third-order valence-corrected chi connectivity index (χ3v) is 3.48. The number of hydrogen-bond acceptors (Lipinski definition) is 5. The minimum Gasteiger partial charge on any atom is -0.391 e. The summed E-state index contributed by atoms with van der Waals surface area (Å²) >= 11 is 7.09. The highest BCUT2D eigenvalue weighted by molar-refractivity contribution is 7.16. The molecule has 1 aromatic heterocycles. The summed E-state index contributed by atoms with van der Waals surface area (Å²) in [5.74, 6) is -0.425. The van der Waals surface area contributed by atoms with E-state index in [4.69, 9.17) is 22.4 Å². The molecule has 0 aliphatic heterocycles. The van der Waals surface area contributed by atoms with Crippen LogP contribution in [-0.2, 0) is 11.4 Å². The predicted molar refractivity (Wildman–Crippen MR) is 64.7 cm³/mol. The second-order valence-electron chi connectivity index (χ2n) is 3.56. The molecule has 90 valence electrons. The summed E-state index contributed by atoms with van der Waals surface area (Å²) in [5, 5.41) is 9.89. The van der Waals surface area contributed by atoms with Gasteiger partial charge in [-0.2, -0.15) is 0 Å². The van der Waals surface area contributed by atoms with E-state index in [2.05, 4.69) is 4.98 Å². The molecule has 0 atom stereocenters. The zero-order valence-corrected chi connectivity index (χ0v) is 10.7. The Balaban J connectivity index is 2.96. The van der Waals surface area contributed by atoms with E-state index in [-0.39, 0.29) is 24.3 Å². The molecule has 0 unspecified atom stereocenters. The van der Waals surface area contributed by atoms with Crippen molar-refractivity contribution >= 4 is 34.0 Å². The Kier molecular flexibility index (Phi) is 4.52. The maximum atomic E-state index is 10.9. The lowest BCUT2D eigenvalue weighted by atomic mass is 10.3. The van der Waals surface area contributed by atoms with Gasteiger partial charge in [-0.3, -0.25) is 4.79 Å². The molecule has 0 spiro atoms. The summed E-state index contributed by atoms with van der Waals surface area (Å²) in [6.07, 6.45) is 0. The van der Waals surface area contributed by atoms with Gasteiger partial charge in [0.25, 0.3) is 0 Å². The van der Waals surface area contributed by atoms with Gasteiger partial charge < -0.3 is 15.7 Å². The van der Waals surface area contributed by atoms with Crippen molar-refractivity contribution in [2.45, 2.75) is 26.5 Å². The second kappa shape index (κ2) is 5.47. The van der Waals surface area contributed by atoms with Crippen LogP contribution >= 0.6 is 22.9 Å². The van der Waals surface area contributed by atoms with Crippen molar-refractivity contribution in [1.82, 2.24) is 4.98 Å². The molecule has 0 aromatic carbocycles. The van der Waals surface area contributed by atoms with Crippen LogP contribution < -0.4 is 10.6 Å². The van der Waals surface area contributed by atoms with Gasteiger partial charge in [0.05, 0.1) is 18.0 Å². The van der Waals surface area contributed by atoms with Gasteiger partial charge in [-0.1, -0.05) is 22.9 Å². The van der Waals surface area contributed by atoms with E-state index in [0.29, 0.717) is 10.0 Å². The molecule has 0 fully saturated rings. The number of thiazole rings is 1. The first-order valence-electron chi connectivity index (χ1n) is 4.76. The van der Waals surface area contributed by atoms with Crippen molar-refractivity contribution in [3.05, 3.63) is 10.0 Å². The molecule has 0 bridgehead atoms. The van der Waals surface area contributed by atoms with Gasteiger partial charge in [0.15, 0.2) is 5.13 Å². The summed E-state index contributed by atoms with van der Waals surface area (Å²) in [6, 6.07) is 0.0845. The fourth-order valence-corrected chi connectivity index (χ4v) is 2.43. The standard InChI is InChI=1S/C9H14ClN3O2S/c1-5(2)13(3-7(11)15)9-12-8(10)6(4-14)16-9/h5,14H,3-4H2,1-2H3,(H2,11,15). The van der Waals surface area contributed by atoms with Crippen LogP contribution in [0.3, 0.4) is 0 Å². The molecule has 3 N–H and O–H groups in total. The van der Waals surface area contributed by atoms with Crippen molar-refractivity contribution in [3.8, 4) is 0 Å². The number of anilines is 1. The van der Waals surface area contributed by atoms with Crippen molar-refractivity contribution in [2.75, 3.05) is 11.4 Å². The quantitative estimate of drug-likeness (QED) is 0.830. The first-order chi connectivity index (χ1) is 7.45. The zero-order chi connectivity index (χ0) is 12.3. The van der Waals surface area contributed by atoms with E-state index in [0.717, 1.165) is 0 Å². The fraction of sp³-hybridized carbons (Fsp3) is 0.556. The van der Waals surface area contributed by atoms with Crippen molar-refractivity contribution in [3.63, 3.8) is 0 Å². The Labute approximate surface area is 103 Å². The van der Waals surface area contributed by atoms with Crippen LogP contribution in [0.1, 0.15) is 18.7 Å². The van der Waals surface area contributed by atoms with Crippen LogP contribution in [0.4, 0.5) is 5.13 Å². The van der Waals surface area contributed by atoms with Crippen molar-refractivity contribution in [1.29, 1.82) is 0 Å². The molecule has 1 heterocycles. The van der Waals surface area contributed by atoms with E-state index in [1.54, 1.807) is 4.90 Å². The van der Waals surface area contributed by atoms with Gasteiger partial charge in [0, 0.05) is 6.04 Å². The third kappa shape index (κ3) is 3.07. The maximum absolute atomic E-state index is 10.9. The largest absolute Gasteiger partial charge is 0.391 e. The molecular weight excluding hydrogens is 250 g/mol. The molecule has 0 aliphatic rings. The molecule has 7 heteroatoms. The summed E-state index contributed by atoms with van der Waals surface area (Å²) in [5.41, 5.74) is 5.16. The number of halogens is 1. The van der Waals surface area contributed by atoms with E-state index < -0.39 is 5.91 Å². The average molecular weight is 264 g/mol. The first-order valence-corrected chi connectivity index (χ1v) is 5.96. The topological polar surface area (TPSA) is 79.5 Å². The molecule has 0 saturated carbocycles. The number of carbonyl (C=O) groups is 1. The smallest absolute Gasteiger partial charge is 0.237 e. The number of amides is 1. The summed E-state index contributed by atoms with van der Waals surface area (Å²) in [4.78, 5) is 17.4. The van der Waals surface area contributed by atoms with Crippen LogP contribution in [0.25, 0.3) is 0 Å². The van der Waals surface area contributed by atoms with Gasteiger partial charge >= 0.3 is 0 Å². The van der Waals surface area contributed by atoms with Gasteiger partial charge in [0.1, 0.15) is 5.15 Å². The van der Waals surface area contributed by atoms with E-state index in [1.165, 1.54) is 11.3 Å². The number of rotatable bonds is 5. The Morgan fingerprint density at radius 2 is 2.31 bits per heavy atom. The lowest BCUT2D eigenvalue weighted by molar-refractivity contribution is -0.116. The highest BCUT2D eigenvalue weighted by Crippen LogP contribution is 2.30. The lowest BCUT2D eigenvalue weighted by Crippen LogP contribution is -2.38. The number of nitrogens with two attached hydrogens (primary N) is 1. The Hall–Kier alpha value is -0.850. The SMILES string of the molecule is CC(C)N(CC(N)=O)c1nc(Cl)c(CO)s1. The maximum Gasteiger partial charge on any atom is 0.237 e. The van der Waals surface area contributed by atoms with Crippen LogP contribution in [0, 0.1) is 0 Å². The molecule has 0 aliphatic carbocycles. The van der Waals surface area contributed by atoms with Crippen molar-refractivity contribution in [2.24, 2.45) is 5.73 Å². The molecule has 1 amide bonds. The van der Waals surface area contributed by atoms with Gasteiger partial charge in [-0.15, -0.1) is 0 Å². The van der Waals surface area contributed by atoms with E-state index >= 15 is 0 Å². The van der Waals surface area contributed by atoms with Crippen LogP contribution in [-0.4, -0.2) is 28.6 Å². The number of aromatic nitrogens is 1. The Morgan fingerprint density at radius 3 is 2.69 bits per heavy atom. The molecular formula is C9H14ClN3O2S. The Morgan fingerprint density at radius 1 is 1.69 bits per heavy atom. The summed E-state index contributed by atoms with van der Waals surface area (Å²) in [7, 11) is 0. The predicted octanol–water partition coefficient (Wildman–Crippen LogP) is 0.989. The Bertz CT molecular complexity index is 381. The van der Waals surface area contributed by atoms with Gasteiger partial charge in [0.2, 0.25) is 5.91 Å². The van der Waals surface area contributed by atoms with Crippen LogP contribution in [0.5, 0.6) is 0 Å². The third-order valence-electron chi connectivity index (χ3n) is 1.98. The minimum atomic E-state index is -0.425. The highest BCUT2D eigenvalue weighted by atomic mass is 35.5. The number of aliphatic hydroxyl groups excluding tert-OH is 1. The van der Waals surface area contributed by atoms with Crippen LogP contribution in [0.15, 0.2) is 0 Å². The number of hydrogen-bond donors (Lipinski definition) is 2. The number of nitrogens with zero attached hydrogens (tertiary/aromatic N) is 2. The molecule has 0 radical (unpaired) electrons. The van der Waals surface area contributed by atoms with Gasteiger partial charge in [-0.05, 0) is 13.8 Å². The summed E-state index contributed by atoms with van der Waals surface area (Å²) in [6.45, 7) is 3.79. The average Bonchev–Trinajstić information content (AvgIpc) is 2.55. The molecule has 5 nitrogen and oxygen atoms in total. The monoisotopic (exact) mass is 263 g/mol. The second-order valence-corrected chi connectivity index (χ2v) is 4.98. The molecule has 16 heavy (non-hydrogen) atoms. The van der Waals surface area contributed by atoms with Crippen LogP contribution in [0.2, 0.25) is 5.15 Å². The first kappa shape index (κ1) is 13.2. The van der Waals surface area contributed by atoms with Crippen molar-refractivity contribution < 1.29 is 9.90 Å². The fourth-order valence-electron chi connectivity index (χ4n) is 1.18. The normalized spacial score (nSPS) is 10.8. The molecule has 1 rings (SSSR count). The van der Waals surface area contributed by atoms with Gasteiger partial charge in [-0.25, -0.2) is 4.98 Å². The number of primary amides is 1. The van der Waals surface area contributed by atoms with E-state index in [1.807, 2.05) is 13.8 Å². The summed E-state index contributed by atoms with van der Waals surface area (Å²) < 4.78 is 0. The highest BCUT2D eigenvalue weighted by Gasteiger charge is 2.18. The number of carbonyl (C=O) groups excluding carboxylic acids is 1. The number of aliphatic hydroxyl groups is 1. The minimum absolute atomic E-state index is 0.0845. The van der Waals surface area contributed by atoms with E-state index in [9.17, 15) is 4.79 Å². The molecule has 1 aromatic rings.